The van der Waals surface area contributed by atoms with E-state index in [-0.39, 0.29) is 5.91 Å². The molecular weight excluding hydrogens is 292 g/mol. The molecule has 0 saturated carbocycles. The molecular formula is C17H26N4O2. The first kappa shape index (κ1) is 16.4. The van der Waals surface area contributed by atoms with Crippen LogP contribution in [0.3, 0.4) is 0 Å². The first-order chi connectivity index (χ1) is 11.3. The fourth-order valence-corrected chi connectivity index (χ4v) is 3.09. The van der Waals surface area contributed by atoms with E-state index in [1.54, 1.807) is 0 Å². The molecule has 3 heterocycles. The molecule has 0 bridgehead atoms. The summed E-state index contributed by atoms with van der Waals surface area (Å²) < 4.78 is 5.33. The third-order valence-corrected chi connectivity index (χ3v) is 4.60. The van der Waals surface area contributed by atoms with Gasteiger partial charge in [-0.2, -0.15) is 0 Å². The Bertz CT molecular complexity index is 483. The number of morpholine rings is 1. The van der Waals surface area contributed by atoms with Gasteiger partial charge in [0.05, 0.1) is 19.8 Å². The largest absolute Gasteiger partial charge is 0.379 e. The van der Waals surface area contributed by atoms with Crippen LogP contribution < -0.4 is 0 Å². The van der Waals surface area contributed by atoms with Gasteiger partial charge in [-0.3, -0.25) is 19.6 Å². The van der Waals surface area contributed by atoms with Gasteiger partial charge < -0.3 is 9.64 Å². The number of piperazine rings is 1. The number of hydrogen-bond donors (Lipinski definition) is 0. The van der Waals surface area contributed by atoms with Crippen molar-refractivity contribution in [2.45, 2.75) is 6.42 Å². The Balaban J connectivity index is 1.37. The van der Waals surface area contributed by atoms with Crippen LogP contribution in [0.5, 0.6) is 0 Å². The third kappa shape index (κ3) is 4.99. The van der Waals surface area contributed by atoms with Gasteiger partial charge in [-0.1, -0.05) is 6.07 Å². The number of carbonyl (C=O) groups excluding carboxylic acids is 1. The van der Waals surface area contributed by atoms with Gasteiger partial charge in [-0.05, 0) is 12.1 Å². The van der Waals surface area contributed by atoms with Crippen LogP contribution in [-0.4, -0.2) is 91.2 Å². The highest BCUT2D eigenvalue weighted by Crippen LogP contribution is 2.06. The van der Waals surface area contributed by atoms with E-state index < -0.39 is 0 Å². The van der Waals surface area contributed by atoms with Crippen molar-refractivity contribution in [1.29, 1.82) is 0 Å². The molecule has 0 atom stereocenters. The average molecular weight is 318 g/mol. The SMILES string of the molecule is O=C(CN1CCOCC1)N1CCN(CCc2ccccn2)CC1. The van der Waals surface area contributed by atoms with E-state index in [4.69, 9.17) is 4.74 Å². The number of hydrogen-bond acceptors (Lipinski definition) is 5. The highest BCUT2D eigenvalue weighted by molar-refractivity contribution is 5.78. The minimum Gasteiger partial charge on any atom is -0.379 e. The van der Waals surface area contributed by atoms with Gasteiger partial charge in [-0.15, -0.1) is 0 Å². The molecule has 1 aromatic rings. The Morgan fingerprint density at radius 2 is 1.83 bits per heavy atom. The van der Waals surface area contributed by atoms with Crippen molar-refractivity contribution in [1.82, 2.24) is 19.7 Å². The van der Waals surface area contributed by atoms with Crippen LogP contribution in [0, 0.1) is 0 Å². The van der Waals surface area contributed by atoms with Gasteiger partial charge in [0.15, 0.2) is 0 Å². The molecule has 0 unspecified atom stereocenters. The van der Waals surface area contributed by atoms with Gasteiger partial charge in [0.1, 0.15) is 0 Å². The molecule has 6 heteroatoms. The van der Waals surface area contributed by atoms with E-state index in [9.17, 15) is 4.79 Å². The van der Waals surface area contributed by atoms with Crippen molar-refractivity contribution >= 4 is 5.91 Å². The average Bonchev–Trinajstić information content (AvgIpc) is 2.62. The van der Waals surface area contributed by atoms with E-state index in [1.807, 2.05) is 23.2 Å². The predicted molar refractivity (Wildman–Crippen MR) is 88.2 cm³/mol. The van der Waals surface area contributed by atoms with E-state index in [2.05, 4.69) is 20.9 Å². The van der Waals surface area contributed by atoms with Crippen LogP contribution >= 0.6 is 0 Å². The number of ether oxygens (including phenoxy) is 1. The quantitative estimate of drug-likeness (QED) is 0.771. The van der Waals surface area contributed by atoms with Crippen LogP contribution in [0.4, 0.5) is 0 Å². The van der Waals surface area contributed by atoms with Crippen molar-refractivity contribution < 1.29 is 9.53 Å². The minimum atomic E-state index is 0.260. The lowest BCUT2D eigenvalue weighted by atomic mass is 10.2. The molecule has 126 valence electrons. The normalized spacial score (nSPS) is 20.6. The maximum absolute atomic E-state index is 12.4. The maximum Gasteiger partial charge on any atom is 0.236 e. The molecule has 0 radical (unpaired) electrons. The maximum atomic E-state index is 12.4. The Kier molecular flexibility index (Phi) is 5.96. The first-order valence-corrected chi connectivity index (χ1v) is 8.51. The molecule has 2 fully saturated rings. The summed E-state index contributed by atoms with van der Waals surface area (Å²) in [6.45, 7) is 8.38. The van der Waals surface area contributed by atoms with E-state index in [1.165, 1.54) is 0 Å². The molecule has 1 amide bonds. The zero-order valence-corrected chi connectivity index (χ0v) is 13.7. The molecule has 6 nitrogen and oxygen atoms in total. The number of amides is 1. The van der Waals surface area contributed by atoms with Crippen LogP contribution in [-0.2, 0) is 16.0 Å². The summed E-state index contributed by atoms with van der Waals surface area (Å²) in [6, 6.07) is 6.05. The zero-order valence-electron chi connectivity index (χ0n) is 13.7. The Hall–Kier alpha value is -1.50. The van der Waals surface area contributed by atoms with E-state index >= 15 is 0 Å². The monoisotopic (exact) mass is 318 g/mol. The number of aromatic nitrogens is 1. The summed E-state index contributed by atoms with van der Waals surface area (Å²) in [7, 11) is 0. The second kappa shape index (κ2) is 8.38. The standard InChI is InChI=1S/C17H26N4O2/c22-17(15-20-11-13-23-14-12-20)21-9-7-19(8-10-21)6-4-16-3-1-2-5-18-16/h1-3,5H,4,6-15H2. The first-order valence-electron chi connectivity index (χ1n) is 8.51. The minimum absolute atomic E-state index is 0.260. The molecule has 0 spiro atoms. The number of pyridine rings is 1. The van der Waals surface area contributed by atoms with Gasteiger partial charge in [-0.25, -0.2) is 0 Å². The highest BCUT2D eigenvalue weighted by Gasteiger charge is 2.23. The number of rotatable bonds is 5. The molecule has 0 N–H and O–H groups in total. The smallest absolute Gasteiger partial charge is 0.236 e. The fourth-order valence-electron chi connectivity index (χ4n) is 3.09. The van der Waals surface area contributed by atoms with Crippen molar-refractivity contribution in [2.24, 2.45) is 0 Å². The zero-order chi connectivity index (χ0) is 15.9. The summed E-state index contributed by atoms with van der Waals surface area (Å²) in [5, 5.41) is 0. The lowest BCUT2D eigenvalue weighted by Gasteiger charge is -2.36. The van der Waals surface area contributed by atoms with Crippen molar-refractivity contribution in [3.63, 3.8) is 0 Å². The van der Waals surface area contributed by atoms with Crippen LogP contribution in [0.15, 0.2) is 24.4 Å². The highest BCUT2D eigenvalue weighted by atomic mass is 16.5. The summed E-state index contributed by atoms with van der Waals surface area (Å²) in [5.74, 6) is 0.260. The molecule has 0 aliphatic carbocycles. The van der Waals surface area contributed by atoms with Crippen LogP contribution in [0.1, 0.15) is 5.69 Å². The Morgan fingerprint density at radius 1 is 1.04 bits per heavy atom. The molecule has 1 aromatic heterocycles. The molecule has 2 aliphatic heterocycles. The van der Waals surface area contributed by atoms with Gasteiger partial charge in [0.2, 0.25) is 5.91 Å². The third-order valence-electron chi connectivity index (χ3n) is 4.60. The van der Waals surface area contributed by atoms with Gasteiger partial charge in [0.25, 0.3) is 0 Å². The lowest BCUT2D eigenvalue weighted by Crippen LogP contribution is -2.52. The summed E-state index contributed by atoms with van der Waals surface area (Å²) in [5.41, 5.74) is 1.14. The summed E-state index contributed by atoms with van der Waals surface area (Å²) in [4.78, 5) is 23.4. The summed E-state index contributed by atoms with van der Waals surface area (Å²) >= 11 is 0. The van der Waals surface area contributed by atoms with Gasteiger partial charge >= 0.3 is 0 Å². The molecule has 2 saturated heterocycles. The lowest BCUT2D eigenvalue weighted by molar-refractivity contribution is -0.135. The molecule has 0 aromatic carbocycles. The van der Waals surface area contributed by atoms with Crippen molar-refractivity contribution in [2.75, 3.05) is 65.6 Å². The van der Waals surface area contributed by atoms with E-state index in [0.717, 1.165) is 71.1 Å². The van der Waals surface area contributed by atoms with Crippen LogP contribution in [0.25, 0.3) is 0 Å². The van der Waals surface area contributed by atoms with Crippen molar-refractivity contribution in [3.05, 3.63) is 30.1 Å². The topological polar surface area (TPSA) is 48.9 Å². The molecule has 2 aliphatic rings. The van der Waals surface area contributed by atoms with Gasteiger partial charge in [0, 0.05) is 64.1 Å². The van der Waals surface area contributed by atoms with Crippen molar-refractivity contribution in [3.8, 4) is 0 Å². The fraction of sp³-hybridized carbons (Fsp3) is 0.647. The summed E-state index contributed by atoms with van der Waals surface area (Å²) in [6.07, 6.45) is 2.82. The number of nitrogens with zero attached hydrogens (tertiary/aromatic N) is 4. The second-order valence-corrected chi connectivity index (χ2v) is 6.18. The van der Waals surface area contributed by atoms with Crippen LogP contribution in [0.2, 0.25) is 0 Å². The molecule has 3 rings (SSSR count). The van der Waals surface area contributed by atoms with E-state index in [0.29, 0.717) is 6.54 Å². The Labute approximate surface area is 138 Å². The number of carbonyl (C=O) groups is 1. The predicted octanol–water partition coefficient (Wildman–Crippen LogP) is 0.101. The second-order valence-electron chi connectivity index (χ2n) is 6.18. The Morgan fingerprint density at radius 3 is 2.52 bits per heavy atom. The molecule has 23 heavy (non-hydrogen) atoms.